The Morgan fingerprint density at radius 1 is 0.316 bits per heavy atom. The summed E-state index contributed by atoms with van der Waals surface area (Å²) in [6.07, 6.45) is 120. The largest absolute Gasteiger partial charge is 0.472 e. The van der Waals surface area contributed by atoms with Crippen LogP contribution in [0.5, 0.6) is 0 Å². The predicted octanol–water partition coefficient (Wildman–Crippen LogP) is 25.9. The van der Waals surface area contributed by atoms with Crippen LogP contribution in [0, 0.1) is 0 Å². The van der Waals surface area contributed by atoms with Crippen molar-refractivity contribution in [2.75, 3.05) is 47.5 Å². The highest BCUT2D eigenvalue weighted by molar-refractivity contribution is 7.47. The molecular formula is C88H141NO8P+. The summed E-state index contributed by atoms with van der Waals surface area (Å²) in [5.74, 6) is -0.826. The number of carbonyl (C=O) groups is 2. The second-order valence-electron chi connectivity index (χ2n) is 25.9. The fraction of sp³-hybridized carbons (Fsp3) is 0.568. The molecule has 0 aromatic rings. The Morgan fingerprint density at radius 2 is 0.551 bits per heavy atom. The molecule has 0 heterocycles. The molecule has 0 aromatic carbocycles. The lowest BCUT2D eigenvalue weighted by atomic mass is 10.0. The van der Waals surface area contributed by atoms with Crippen LogP contribution in [0.2, 0.25) is 0 Å². The number of carbonyl (C=O) groups excluding carboxylic acids is 2. The van der Waals surface area contributed by atoms with E-state index in [9.17, 15) is 19.0 Å². The van der Waals surface area contributed by atoms with Crippen LogP contribution in [0.25, 0.3) is 0 Å². The van der Waals surface area contributed by atoms with Gasteiger partial charge in [0.1, 0.15) is 19.8 Å². The van der Waals surface area contributed by atoms with Gasteiger partial charge in [0.15, 0.2) is 6.10 Å². The Bertz CT molecular complexity index is 2460. The second kappa shape index (κ2) is 75.5. The average molecular weight is 1370 g/mol. The fourth-order valence-electron chi connectivity index (χ4n) is 9.71. The van der Waals surface area contributed by atoms with Gasteiger partial charge in [-0.1, -0.05) is 322 Å². The van der Waals surface area contributed by atoms with Crippen molar-refractivity contribution >= 4 is 19.8 Å². The number of hydrogen-bond donors (Lipinski definition) is 1. The molecule has 1 N–H and O–H groups in total. The zero-order valence-corrected chi connectivity index (χ0v) is 63.6. The van der Waals surface area contributed by atoms with Gasteiger partial charge in [0.2, 0.25) is 0 Å². The number of esters is 2. The molecule has 0 aliphatic heterocycles. The van der Waals surface area contributed by atoms with Crippen LogP contribution in [0.4, 0.5) is 0 Å². The highest BCUT2D eigenvalue weighted by Crippen LogP contribution is 2.43. The normalized spacial score (nSPS) is 14.3. The molecule has 0 rings (SSSR count). The molecule has 0 spiro atoms. The van der Waals surface area contributed by atoms with Crippen molar-refractivity contribution in [3.05, 3.63) is 219 Å². The van der Waals surface area contributed by atoms with E-state index < -0.39 is 26.5 Å². The van der Waals surface area contributed by atoms with E-state index in [0.717, 1.165) is 180 Å². The van der Waals surface area contributed by atoms with Crippen molar-refractivity contribution in [3.63, 3.8) is 0 Å². The van der Waals surface area contributed by atoms with Crippen molar-refractivity contribution in [1.82, 2.24) is 0 Å². The summed E-state index contributed by atoms with van der Waals surface area (Å²) >= 11 is 0. The van der Waals surface area contributed by atoms with Crippen LogP contribution >= 0.6 is 7.82 Å². The van der Waals surface area contributed by atoms with E-state index in [-0.39, 0.29) is 32.0 Å². The zero-order valence-electron chi connectivity index (χ0n) is 62.7. The molecule has 0 aliphatic carbocycles. The maximum Gasteiger partial charge on any atom is 0.472 e. The smallest absolute Gasteiger partial charge is 0.462 e. The van der Waals surface area contributed by atoms with Crippen LogP contribution < -0.4 is 0 Å². The van der Waals surface area contributed by atoms with Gasteiger partial charge in [0, 0.05) is 12.8 Å². The summed E-state index contributed by atoms with van der Waals surface area (Å²) in [5.41, 5.74) is 0. The number of nitrogens with zero attached hydrogens (tertiary/aromatic N) is 1. The Balaban J connectivity index is 4.14. The van der Waals surface area contributed by atoms with Crippen molar-refractivity contribution < 1.29 is 42.1 Å². The van der Waals surface area contributed by atoms with E-state index in [1.54, 1.807) is 0 Å². The first-order chi connectivity index (χ1) is 48.0. The van der Waals surface area contributed by atoms with Crippen LogP contribution in [0.3, 0.4) is 0 Å². The van der Waals surface area contributed by atoms with Crippen LogP contribution in [0.15, 0.2) is 219 Å². The number of phosphoric acid groups is 1. The number of ether oxygens (including phenoxy) is 2. The van der Waals surface area contributed by atoms with Gasteiger partial charge in [-0.3, -0.25) is 18.6 Å². The Labute approximate surface area is 601 Å². The Hall–Kier alpha value is -5.67. The van der Waals surface area contributed by atoms with E-state index in [2.05, 4.69) is 233 Å². The minimum Gasteiger partial charge on any atom is -0.462 e. The summed E-state index contributed by atoms with van der Waals surface area (Å²) in [7, 11) is 1.44. The third-order valence-electron chi connectivity index (χ3n) is 15.5. The maximum atomic E-state index is 12.9. The number of rotatable bonds is 68. The van der Waals surface area contributed by atoms with Crippen molar-refractivity contribution in [2.24, 2.45) is 0 Å². The lowest BCUT2D eigenvalue weighted by Gasteiger charge is -2.24. The molecule has 9 nitrogen and oxygen atoms in total. The molecule has 10 heteroatoms. The minimum absolute atomic E-state index is 0.0177. The first-order valence-corrected chi connectivity index (χ1v) is 40.0. The number of likely N-dealkylation sites (N-methyl/N-ethyl adjacent to an activating group) is 1. The van der Waals surface area contributed by atoms with Gasteiger partial charge in [0.25, 0.3) is 0 Å². The van der Waals surface area contributed by atoms with Crippen molar-refractivity contribution in [1.29, 1.82) is 0 Å². The SMILES string of the molecule is CC/C=C\C/C=C\C/C=C\C/C=C\C/C=C\C/C=C\C/C=C\C/C=C\C/C=C\C/C=C\C/C=C\CCCCCCCCCC(=O)OC(COC(=O)CCCCCCCCCCCCC/C=C\C/C=C\C/C=C\C/C=C\C/C=C\C/C=C\C/C=C\CC)COP(=O)(O)OCC[N+](C)(C)C. The number of hydrogen-bond acceptors (Lipinski definition) is 7. The minimum atomic E-state index is -4.41. The van der Waals surface area contributed by atoms with Gasteiger partial charge < -0.3 is 18.9 Å². The summed E-state index contributed by atoms with van der Waals surface area (Å²) < 4.78 is 34.8. The number of quaternary nitrogens is 1. The third kappa shape index (κ3) is 79.3. The molecule has 2 unspecified atom stereocenters. The molecule has 0 saturated heterocycles. The molecule has 0 amide bonds. The second-order valence-corrected chi connectivity index (χ2v) is 27.4. The van der Waals surface area contributed by atoms with E-state index in [0.29, 0.717) is 17.4 Å². The monoisotopic (exact) mass is 1370 g/mol. The number of allylic oxidation sites excluding steroid dienone is 36. The highest BCUT2D eigenvalue weighted by Gasteiger charge is 2.27. The van der Waals surface area contributed by atoms with Gasteiger partial charge in [-0.25, -0.2) is 4.57 Å². The molecule has 0 aliphatic rings. The molecule has 0 bridgehead atoms. The Morgan fingerprint density at radius 3 is 0.816 bits per heavy atom. The molecule has 0 fully saturated rings. The summed E-state index contributed by atoms with van der Waals surface area (Å²) in [6.45, 7) is 4.17. The summed E-state index contributed by atoms with van der Waals surface area (Å²) in [4.78, 5) is 36.0. The predicted molar refractivity (Wildman–Crippen MR) is 426 cm³/mol. The van der Waals surface area contributed by atoms with E-state index in [4.69, 9.17) is 18.5 Å². The van der Waals surface area contributed by atoms with Crippen LogP contribution in [-0.4, -0.2) is 74.9 Å². The van der Waals surface area contributed by atoms with Crippen molar-refractivity contribution in [2.45, 2.75) is 277 Å². The fourth-order valence-corrected chi connectivity index (χ4v) is 10.4. The topological polar surface area (TPSA) is 108 Å². The summed E-state index contributed by atoms with van der Waals surface area (Å²) in [6, 6.07) is 0. The number of unbranched alkanes of at least 4 members (excludes halogenated alkanes) is 18. The average Bonchev–Trinajstić information content (AvgIpc) is 1.08. The van der Waals surface area contributed by atoms with Crippen molar-refractivity contribution in [3.8, 4) is 0 Å². The van der Waals surface area contributed by atoms with Crippen LogP contribution in [0.1, 0.15) is 271 Å². The summed E-state index contributed by atoms with van der Waals surface area (Å²) in [5, 5.41) is 0. The lowest BCUT2D eigenvalue weighted by molar-refractivity contribution is -0.870. The molecule has 0 radical (unpaired) electrons. The quantitative estimate of drug-likeness (QED) is 0.0211. The number of phosphoric ester groups is 1. The molecule has 0 saturated carbocycles. The molecule has 0 aromatic heterocycles. The van der Waals surface area contributed by atoms with E-state index in [1.165, 1.54) is 57.8 Å². The van der Waals surface area contributed by atoms with Gasteiger partial charge in [-0.05, 0) is 154 Å². The van der Waals surface area contributed by atoms with Gasteiger partial charge in [-0.2, -0.15) is 0 Å². The standard InChI is InChI=1S/C88H140NO8P/c1-6-8-10-12-14-16-18-20-22-24-26-28-30-32-34-36-38-40-41-42-43-44-45-46-47-49-51-53-55-57-59-61-63-65-67-69-71-73-75-77-79-81-88(91)97-86(85-96-98(92,93)95-83-82-89(3,4)5)84-94-87(90)80-78-76-74-72-70-68-66-64-62-60-58-56-54-52-50-48-39-37-35-33-31-29-27-25-23-21-19-17-15-13-11-9-7-2/h8-11,14-17,20-23,26-29,32-35,38-40,42-43,45-46,48-49,51-52,54-55,57,61,63,86H,6-7,12-13,18-19,24-25,30-31,36-37,41,44,47,50,53,56,58-60,62,64-85H2,1-5H3/p+1/b10-8-,11-9-,16-14-,17-15-,22-20-,23-21-,28-26-,29-27-,34-32-,35-33-,40-38-,43-42-,46-45-,48-39-,51-49-,54-52-,57-55-,63-61-. The lowest BCUT2D eigenvalue weighted by Crippen LogP contribution is -2.37. The maximum absolute atomic E-state index is 12.9. The first-order valence-electron chi connectivity index (χ1n) is 38.5. The third-order valence-corrected chi connectivity index (χ3v) is 16.5. The van der Waals surface area contributed by atoms with Gasteiger partial charge >= 0.3 is 19.8 Å². The van der Waals surface area contributed by atoms with Gasteiger partial charge in [-0.15, -0.1) is 0 Å². The zero-order chi connectivity index (χ0) is 71.1. The van der Waals surface area contributed by atoms with E-state index in [1.807, 2.05) is 21.1 Å². The Kier molecular flexibility index (Phi) is 71.2. The highest BCUT2D eigenvalue weighted by atomic mass is 31.2. The first kappa shape index (κ1) is 92.3. The molecule has 98 heavy (non-hydrogen) atoms. The molecular weight excluding hydrogens is 1230 g/mol. The molecule has 550 valence electrons. The van der Waals surface area contributed by atoms with E-state index >= 15 is 0 Å². The molecule has 2 atom stereocenters. The van der Waals surface area contributed by atoms with Gasteiger partial charge in [0.05, 0.1) is 27.7 Å². The van der Waals surface area contributed by atoms with Crippen LogP contribution in [-0.2, 0) is 32.7 Å².